The first-order chi connectivity index (χ1) is 16.4. The third kappa shape index (κ3) is 4.68. The molecule has 2 heterocycles. The van der Waals surface area contributed by atoms with Gasteiger partial charge in [0.2, 0.25) is 0 Å². The monoisotopic (exact) mass is 471 g/mol. The number of hydrogen-bond donors (Lipinski definition) is 4. The Kier molecular flexibility index (Phi) is 6.98. The number of hydrogen-bond acceptors (Lipinski definition) is 7. The van der Waals surface area contributed by atoms with E-state index in [0.29, 0.717) is 0 Å². The van der Waals surface area contributed by atoms with Crippen molar-refractivity contribution in [1.82, 2.24) is 14.9 Å². The van der Waals surface area contributed by atoms with Crippen LogP contribution in [0.4, 0.5) is 4.53 Å². The normalized spacial score (nSPS) is 22.0. The molecule has 10 nitrogen and oxygen atoms in total. The largest absolute Gasteiger partial charge is 0.394 e. The van der Waals surface area contributed by atoms with E-state index in [1.807, 2.05) is 59.6 Å². The molecule has 11 heteroatoms. The lowest BCUT2D eigenvalue weighted by Gasteiger charge is -2.18. The number of rotatable bonds is 7. The van der Waals surface area contributed by atoms with Gasteiger partial charge in [0.05, 0.1) is 6.61 Å². The molecule has 0 unspecified atom stereocenters. The van der Waals surface area contributed by atoms with E-state index < -0.39 is 53.9 Å². The highest BCUT2D eigenvalue weighted by Gasteiger charge is 2.47. The highest BCUT2D eigenvalue weighted by molar-refractivity contribution is 5.93. The maximum Gasteiger partial charge on any atom is 0.330 e. The van der Waals surface area contributed by atoms with Crippen LogP contribution in [0.1, 0.15) is 22.1 Å². The van der Waals surface area contributed by atoms with Crippen molar-refractivity contribution in [2.24, 2.45) is 0 Å². The van der Waals surface area contributed by atoms with Gasteiger partial charge in [-0.15, -0.1) is 0 Å². The second kappa shape index (κ2) is 10.1. The average molecular weight is 471 g/mol. The van der Waals surface area contributed by atoms with E-state index in [1.54, 1.807) is 0 Å². The van der Waals surface area contributed by atoms with Gasteiger partial charge in [-0.1, -0.05) is 48.5 Å². The van der Waals surface area contributed by atoms with Gasteiger partial charge in [-0.25, -0.2) is 4.79 Å². The Morgan fingerprint density at radius 3 is 2.59 bits per heavy atom. The van der Waals surface area contributed by atoms with Crippen LogP contribution < -0.4 is 16.6 Å². The van der Waals surface area contributed by atoms with Crippen molar-refractivity contribution in [2.45, 2.75) is 31.1 Å². The third-order valence-electron chi connectivity index (χ3n) is 5.57. The number of aromatic amines is 1. The van der Waals surface area contributed by atoms with E-state index >= 15 is 0 Å². The number of carbonyl (C=O) groups excluding carboxylic acids is 1. The predicted molar refractivity (Wildman–Crippen MR) is 117 cm³/mol. The Balaban J connectivity index is 1.54. The Labute approximate surface area is 192 Å². The maximum atomic E-state index is 13.0. The van der Waals surface area contributed by atoms with E-state index in [-0.39, 0.29) is 6.54 Å². The minimum absolute atomic E-state index is 0.0967. The molecule has 1 aromatic heterocycles. The SMILES string of the molecule is O=C(NCc1cccc(-c2ccccc2)c1)c1cn([C@@H]2O[C@H](CO)[C@H](O)[C@H]2OF)c(=O)[nH]c1=O. The molecule has 4 rings (SSSR count). The molecule has 1 fully saturated rings. The van der Waals surface area contributed by atoms with Crippen LogP contribution in [0.15, 0.2) is 70.4 Å². The molecule has 1 amide bonds. The number of aliphatic hydroxyl groups excluding tert-OH is 2. The Bertz CT molecular complexity index is 1280. The predicted octanol–water partition coefficient (Wildman–Crippen LogP) is 0.654. The molecular formula is C23H22FN3O7. The van der Waals surface area contributed by atoms with Crippen LogP contribution in [0, 0.1) is 0 Å². The number of aliphatic hydroxyl groups is 2. The van der Waals surface area contributed by atoms with Gasteiger partial charge in [0.25, 0.3) is 11.5 Å². The molecule has 0 spiro atoms. The third-order valence-corrected chi connectivity index (χ3v) is 5.57. The number of benzene rings is 2. The standard InChI is InChI=1S/C23H22FN3O7/c24-34-19-18(29)17(12-28)33-22(19)27-11-16(21(31)26-23(27)32)20(30)25-10-13-5-4-8-15(9-13)14-6-2-1-3-7-14/h1-9,11,17-19,22,28-29H,10,12H2,(H,25,30)(H,26,31,32)/t17-,18+,19-,22-/m1/s1. The second-order valence-electron chi connectivity index (χ2n) is 7.75. The number of carbonyl (C=O) groups is 1. The molecule has 3 aromatic rings. The van der Waals surface area contributed by atoms with Gasteiger partial charge >= 0.3 is 5.69 Å². The highest BCUT2D eigenvalue weighted by atomic mass is 19.3. The van der Waals surface area contributed by atoms with Crippen molar-refractivity contribution in [3.05, 3.63) is 92.8 Å². The van der Waals surface area contributed by atoms with Crippen molar-refractivity contribution < 1.29 is 29.2 Å². The molecule has 4 N–H and O–H groups in total. The maximum absolute atomic E-state index is 13.0. The van der Waals surface area contributed by atoms with E-state index in [0.717, 1.165) is 27.5 Å². The molecule has 1 saturated heterocycles. The number of nitrogens with zero attached hydrogens (tertiary/aromatic N) is 1. The number of ether oxygens (including phenoxy) is 1. The lowest BCUT2D eigenvalue weighted by atomic mass is 10.0. The number of amides is 1. The molecule has 2 aromatic carbocycles. The first-order valence-electron chi connectivity index (χ1n) is 10.4. The Hall–Kier alpha value is -3.64. The van der Waals surface area contributed by atoms with Crippen molar-refractivity contribution >= 4 is 5.91 Å². The van der Waals surface area contributed by atoms with Gasteiger partial charge in [0.1, 0.15) is 17.8 Å². The van der Waals surface area contributed by atoms with Crippen LogP contribution in [-0.2, 0) is 16.2 Å². The van der Waals surface area contributed by atoms with Gasteiger partial charge in [0, 0.05) is 12.7 Å². The molecule has 34 heavy (non-hydrogen) atoms. The number of halogens is 1. The summed E-state index contributed by atoms with van der Waals surface area (Å²) < 4.78 is 19.1. The van der Waals surface area contributed by atoms with Crippen molar-refractivity contribution in [2.75, 3.05) is 6.61 Å². The molecular weight excluding hydrogens is 449 g/mol. The van der Waals surface area contributed by atoms with E-state index in [4.69, 9.17) is 4.74 Å². The van der Waals surface area contributed by atoms with E-state index in [2.05, 4.69) is 10.3 Å². The minimum atomic E-state index is -1.66. The molecule has 1 aliphatic heterocycles. The fourth-order valence-corrected chi connectivity index (χ4v) is 3.79. The van der Waals surface area contributed by atoms with Gasteiger partial charge in [0.15, 0.2) is 12.3 Å². The van der Waals surface area contributed by atoms with Crippen LogP contribution in [0.25, 0.3) is 11.1 Å². The molecule has 178 valence electrons. The zero-order valence-corrected chi connectivity index (χ0v) is 17.8. The van der Waals surface area contributed by atoms with Crippen molar-refractivity contribution in [3.63, 3.8) is 0 Å². The smallest absolute Gasteiger partial charge is 0.330 e. The summed E-state index contributed by atoms with van der Waals surface area (Å²) >= 11 is 0. The number of nitrogens with one attached hydrogen (secondary N) is 2. The van der Waals surface area contributed by atoms with Gasteiger partial charge in [-0.2, -0.15) is 4.94 Å². The van der Waals surface area contributed by atoms with Crippen LogP contribution in [-0.4, -0.2) is 50.6 Å². The van der Waals surface area contributed by atoms with Crippen LogP contribution in [0.2, 0.25) is 0 Å². The van der Waals surface area contributed by atoms with Crippen molar-refractivity contribution in [3.8, 4) is 11.1 Å². The van der Waals surface area contributed by atoms with Gasteiger partial charge in [-0.05, 0) is 27.3 Å². The van der Waals surface area contributed by atoms with Gasteiger partial charge < -0.3 is 20.3 Å². The molecule has 4 atom stereocenters. The van der Waals surface area contributed by atoms with Gasteiger partial charge in [-0.3, -0.25) is 19.1 Å². The van der Waals surface area contributed by atoms with Crippen LogP contribution in [0.5, 0.6) is 0 Å². The summed E-state index contributed by atoms with van der Waals surface area (Å²) in [7, 11) is 0. The summed E-state index contributed by atoms with van der Waals surface area (Å²) in [6, 6.07) is 17.1. The molecule has 1 aliphatic rings. The van der Waals surface area contributed by atoms with Crippen molar-refractivity contribution in [1.29, 1.82) is 0 Å². The van der Waals surface area contributed by atoms with E-state index in [1.165, 1.54) is 0 Å². The summed E-state index contributed by atoms with van der Waals surface area (Å²) in [5.41, 5.74) is 0.345. The summed E-state index contributed by atoms with van der Waals surface area (Å²) in [6.07, 6.45) is -5.07. The second-order valence-corrected chi connectivity index (χ2v) is 7.75. The fraction of sp³-hybridized carbons (Fsp3) is 0.261. The molecule has 0 saturated carbocycles. The molecule has 0 bridgehead atoms. The fourth-order valence-electron chi connectivity index (χ4n) is 3.79. The zero-order valence-electron chi connectivity index (χ0n) is 17.8. The van der Waals surface area contributed by atoms with Crippen LogP contribution >= 0.6 is 0 Å². The summed E-state index contributed by atoms with van der Waals surface area (Å²) in [6.45, 7) is -0.565. The van der Waals surface area contributed by atoms with E-state index in [9.17, 15) is 29.1 Å². The van der Waals surface area contributed by atoms with Crippen LogP contribution in [0.3, 0.4) is 0 Å². The lowest BCUT2D eigenvalue weighted by Crippen LogP contribution is -2.41. The first-order valence-corrected chi connectivity index (χ1v) is 10.4. The Morgan fingerprint density at radius 2 is 1.88 bits per heavy atom. The number of aromatic nitrogens is 2. The summed E-state index contributed by atoms with van der Waals surface area (Å²) in [5, 5.41) is 21.9. The number of H-pyrrole nitrogens is 1. The topological polar surface area (TPSA) is 143 Å². The lowest BCUT2D eigenvalue weighted by molar-refractivity contribution is -0.221. The first kappa shape index (κ1) is 23.5. The summed E-state index contributed by atoms with van der Waals surface area (Å²) in [4.78, 5) is 43.0. The average Bonchev–Trinajstić information content (AvgIpc) is 3.18. The quantitative estimate of drug-likeness (QED) is 0.396. The zero-order chi connectivity index (χ0) is 24.2. The minimum Gasteiger partial charge on any atom is -0.394 e. The molecule has 0 aliphatic carbocycles. The summed E-state index contributed by atoms with van der Waals surface area (Å²) in [5.74, 6) is -0.782. The highest BCUT2D eigenvalue weighted by Crippen LogP contribution is 2.31. The molecule has 0 radical (unpaired) electrons. The Morgan fingerprint density at radius 1 is 1.15 bits per heavy atom.